The van der Waals surface area contributed by atoms with Crippen molar-refractivity contribution in [2.45, 2.75) is 161 Å². The van der Waals surface area contributed by atoms with E-state index < -0.39 is 12.2 Å². The largest absolute Gasteiger partial charge is 0.463 e. The van der Waals surface area contributed by atoms with Crippen molar-refractivity contribution in [2.75, 3.05) is 13.2 Å². The molecule has 0 aliphatic carbocycles. The summed E-state index contributed by atoms with van der Waals surface area (Å²) in [6.07, 6.45) is 32.4. The first kappa shape index (κ1) is 39.1. The van der Waals surface area contributed by atoms with Crippen molar-refractivity contribution in [3.8, 4) is 0 Å². The maximum Gasteiger partial charge on any atom is 0.305 e. The van der Waals surface area contributed by atoms with Gasteiger partial charge in [0.15, 0.2) is 0 Å². The van der Waals surface area contributed by atoms with E-state index in [0.29, 0.717) is 19.3 Å². The Hall–Kier alpha value is -1.92. The van der Waals surface area contributed by atoms with Gasteiger partial charge in [-0.3, -0.25) is 9.59 Å². The van der Waals surface area contributed by atoms with Crippen molar-refractivity contribution in [2.24, 2.45) is 0 Å². The highest BCUT2D eigenvalue weighted by molar-refractivity contribution is 5.69. The highest BCUT2D eigenvalue weighted by Gasteiger charge is 2.12. The van der Waals surface area contributed by atoms with Gasteiger partial charge < -0.3 is 19.7 Å². The van der Waals surface area contributed by atoms with E-state index in [1.165, 1.54) is 51.4 Å². The zero-order valence-electron chi connectivity index (χ0n) is 26.4. The third-order valence-electron chi connectivity index (χ3n) is 6.97. The smallest absolute Gasteiger partial charge is 0.305 e. The number of esters is 2. The summed E-state index contributed by atoms with van der Waals surface area (Å²) in [6.45, 7) is 4.04. The van der Waals surface area contributed by atoms with Crippen molar-refractivity contribution < 1.29 is 29.3 Å². The number of hydrogen-bond acceptors (Lipinski definition) is 6. The number of allylic oxidation sites excluding steroid dienone is 4. The summed E-state index contributed by atoms with van der Waals surface area (Å²) in [6, 6.07) is 0. The van der Waals surface area contributed by atoms with Gasteiger partial charge in [0.05, 0.1) is 6.10 Å². The Morgan fingerprint density at radius 3 is 1.61 bits per heavy atom. The van der Waals surface area contributed by atoms with Crippen LogP contribution < -0.4 is 0 Å². The number of ether oxygens (including phenoxy) is 2. The lowest BCUT2D eigenvalue weighted by molar-refractivity contribution is -0.152. The number of aliphatic hydroxyl groups is 2. The fraction of sp³-hybridized carbons (Fsp3) is 0.771. The van der Waals surface area contributed by atoms with Crippen molar-refractivity contribution >= 4 is 11.9 Å². The van der Waals surface area contributed by atoms with Gasteiger partial charge >= 0.3 is 11.9 Å². The van der Waals surface area contributed by atoms with Crippen molar-refractivity contribution in [3.05, 3.63) is 36.5 Å². The first-order valence-corrected chi connectivity index (χ1v) is 16.6. The van der Waals surface area contributed by atoms with Crippen LogP contribution in [-0.2, 0) is 19.1 Å². The van der Waals surface area contributed by atoms with Gasteiger partial charge in [0.1, 0.15) is 19.3 Å². The maximum absolute atomic E-state index is 11.9. The van der Waals surface area contributed by atoms with Crippen molar-refractivity contribution in [1.82, 2.24) is 0 Å². The van der Waals surface area contributed by atoms with Crippen molar-refractivity contribution in [1.29, 1.82) is 0 Å². The number of carbonyl (C=O) groups is 2. The monoisotopic (exact) mass is 578 g/mol. The van der Waals surface area contributed by atoms with Crippen LogP contribution in [0.25, 0.3) is 0 Å². The summed E-state index contributed by atoms with van der Waals surface area (Å²) in [4.78, 5) is 23.8. The zero-order chi connectivity index (χ0) is 30.2. The highest BCUT2D eigenvalue weighted by Crippen LogP contribution is 2.12. The molecule has 6 nitrogen and oxygen atoms in total. The minimum absolute atomic E-state index is 0.134. The fourth-order valence-electron chi connectivity index (χ4n) is 4.41. The van der Waals surface area contributed by atoms with Crippen LogP contribution in [0.4, 0.5) is 0 Å². The Labute approximate surface area is 251 Å². The van der Waals surface area contributed by atoms with E-state index in [2.05, 4.69) is 26.0 Å². The van der Waals surface area contributed by atoms with Crippen LogP contribution in [0.3, 0.4) is 0 Å². The molecule has 0 aromatic rings. The molecule has 0 heterocycles. The Morgan fingerprint density at radius 1 is 0.610 bits per heavy atom. The fourth-order valence-corrected chi connectivity index (χ4v) is 4.41. The van der Waals surface area contributed by atoms with E-state index in [1.54, 1.807) is 0 Å². The normalized spacial score (nSPS) is 13.4. The van der Waals surface area contributed by atoms with Crippen molar-refractivity contribution in [3.63, 3.8) is 0 Å². The minimum Gasteiger partial charge on any atom is -0.463 e. The van der Waals surface area contributed by atoms with Gasteiger partial charge in [-0.1, -0.05) is 134 Å². The van der Waals surface area contributed by atoms with Gasteiger partial charge in [-0.05, 0) is 38.5 Å². The molecule has 0 aliphatic heterocycles. The van der Waals surface area contributed by atoms with Gasteiger partial charge in [0.25, 0.3) is 0 Å². The standard InChI is InChI=1S/C35H62O6/c1-3-5-7-8-9-10-11-14-17-20-24-28-34(38)40-30-33(37)31-41-35(39)29-25-21-18-15-12-13-16-19-23-27-32(36)26-22-6-4-2/h6,16,19,22-23,27,32-33,36-37H,3-5,7-15,17-18,20-21,24-26,28-31H2,1-2H3/b19-16+,22-6+,27-23+/t32?,33-/m1/s1. The third-order valence-corrected chi connectivity index (χ3v) is 6.97. The summed E-state index contributed by atoms with van der Waals surface area (Å²) < 4.78 is 10.2. The molecule has 0 saturated heterocycles. The van der Waals surface area contributed by atoms with Gasteiger partial charge in [0.2, 0.25) is 0 Å². The Morgan fingerprint density at radius 2 is 1.10 bits per heavy atom. The number of hydrogen-bond donors (Lipinski definition) is 2. The number of rotatable bonds is 29. The predicted octanol–water partition coefficient (Wildman–Crippen LogP) is 8.70. The molecule has 0 aliphatic rings. The molecule has 0 aromatic heterocycles. The SMILES string of the molecule is CC/C=C/CC(O)/C=C/C=C/CCCCCCCC(=O)OC[C@H](O)COC(=O)CCCCCCCCCCCCC. The summed E-state index contributed by atoms with van der Waals surface area (Å²) >= 11 is 0. The maximum atomic E-state index is 11.9. The second kappa shape index (κ2) is 31.0. The molecule has 0 fully saturated rings. The van der Waals surface area contributed by atoms with E-state index in [4.69, 9.17) is 9.47 Å². The van der Waals surface area contributed by atoms with Crippen LogP contribution >= 0.6 is 0 Å². The molecule has 41 heavy (non-hydrogen) atoms. The lowest BCUT2D eigenvalue weighted by Gasteiger charge is -2.12. The Kier molecular flexibility index (Phi) is 29.6. The minimum atomic E-state index is -0.982. The average molecular weight is 579 g/mol. The van der Waals surface area contributed by atoms with Gasteiger partial charge in [-0.25, -0.2) is 0 Å². The zero-order valence-corrected chi connectivity index (χ0v) is 26.4. The first-order valence-electron chi connectivity index (χ1n) is 16.6. The Balaban J connectivity index is 3.54. The van der Waals surface area contributed by atoms with Crippen LogP contribution in [-0.4, -0.2) is 47.6 Å². The van der Waals surface area contributed by atoms with E-state index >= 15 is 0 Å². The molecule has 1 unspecified atom stereocenters. The van der Waals surface area contributed by atoms with Gasteiger partial charge in [0, 0.05) is 12.8 Å². The van der Waals surface area contributed by atoms with Gasteiger partial charge in [-0.2, -0.15) is 0 Å². The molecule has 0 spiro atoms. The van der Waals surface area contributed by atoms with Crippen LogP contribution in [0.1, 0.15) is 149 Å². The molecule has 6 heteroatoms. The summed E-state index contributed by atoms with van der Waals surface area (Å²) in [5.41, 5.74) is 0. The van der Waals surface area contributed by atoms with E-state index in [0.717, 1.165) is 64.2 Å². The molecule has 0 radical (unpaired) electrons. The summed E-state index contributed by atoms with van der Waals surface area (Å²) in [5.74, 6) is -0.619. The number of carbonyl (C=O) groups excluding carboxylic acids is 2. The van der Waals surface area contributed by atoms with Crippen LogP contribution in [0.2, 0.25) is 0 Å². The quantitative estimate of drug-likeness (QED) is 0.0399. The van der Waals surface area contributed by atoms with Crippen LogP contribution in [0.5, 0.6) is 0 Å². The van der Waals surface area contributed by atoms with E-state index in [-0.39, 0.29) is 25.2 Å². The number of unbranched alkanes of at least 4 members (excludes halogenated alkanes) is 15. The lowest BCUT2D eigenvalue weighted by atomic mass is 10.1. The molecular formula is C35H62O6. The molecule has 2 N–H and O–H groups in total. The lowest BCUT2D eigenvalue weighted by Crippen LogP contribution is -2.25. The molecule has 2 atom stereocenters. The first-order chi connectivity index (χ1) is 20.0. The number of aliphatic hydroxyl groups excluding tert-OH is 2. The van der Waals surface area contributed by atoms with Gasteiger partial charge in [-0.15, -0.1) is 0 Å². The Bertz CT molecular complexity index is 684. The van der Waals surface area contributed by atoms with Crippen LogP contribution in [0.15, 0.2) is 36.5 Å². The van der Waals surface area contributed by atoms with E-state index in [1.807, 2.05) is 24.3 Å². The molecule has 0 amide bonds. The summed E-state index contributed by atoms with van der Waals surface area (Å²) in [5, 5.41) is 19.7. The van der Waals surface area contributed by atoms with E-state index in [9.17, 15) is 19.8 Å². The average Bonchev–Trinajstić information content (AvgIpc) is 2.96. The molecule has 0 rings (SSSR count). The second-order valence-electron chi connectivity index (χ2n) is 11.1. The highest BCUT2D eigenvalue weighted by atomic mass is 16.6. The second-order valence-corrected chi connectivity index (χ2v) is 11.1. The third kappa shape index (κ3) is 30.9. The topological polar surface area (TPSA) is 93.1 Å². The van der Waals surface area contributed by atoms with Crippen LogP contribution in [0, 0.1) is 0 Å². The molecule has 0 saturated carbocycles. The molecule has 238 valence electrons. The predicted molar refractivity (Wildman–Crippen MR) is 170 cm³/mol. The summed E-state index contributed by atoms with van der Waals surface area (Å²) in [7, 11) is 0. The molecule has 0 bridgehead atoms. The molecule has 0 aromatic carbocycles. The molecular weight excluding hydrogens is 516 g/mol.